The Morgan fingerprint density at radius 3 is 2.33 bits per heavy atom. The van der Waals surface area contributed by atoms with Crippen molar-refractivity contribution in [1.29, 1.82) is 0 Å². The monoisotopic (exact) mass is 221 g/mol. The van der Waals surface area contributed by atoms with Crippen LogP contribution < -0.4 is 5.73 Å². The highest BCUT2D eigenvalue weighted by Gasteiger charge is 2.33. The molecule has 1 aromatic carbocycles. The number of hydrogen-bond donors (Lipinski definition) is 1. The number of aryl methyl sites for hydroxylation is 1. The van der Waals surface area contributed by atoms with Gasteiger partial charge in [-0.25, -0.2) is 0 Å². The second kappa shape index (κ2) is 4.58. The van der Waals surface area contributed by atoms with E-state index >= 15 is 0 Å². The smallest absolute Gasteiger partial charge is 0.0329 e. The van der Waals surface area contributed by atoms with E-state index in [9.17, 15) is 0 Å². The van der Waals surface area contributed by atoms with Gasteiger partial charge in [0, 0.05) is 16.2 Å². The second-order valence-corrected chi connectivity index (χ2v) is 6.05. The number of benzene rings is 1. The molecule has 1 fully saturated rings. The summed E-state index contributed by atoms with van der Waals surface area (Å²) in [5, 5.41) is 0. The van der Waals surface area contributed by atoms with Gasteiger partial charge in [0.2, 0.25) is 0 Å². The minimum Gasteiger partial charge on any atom is -0.329 e. The predicted molar refractivity (Wildman–Crippen MR) is 67.3 cm³/mol. The molecule has 1 aliphatic rings. The first-order valence-electron chi connectivity index (χ1n) is 5.70. The third-order valence-corrected chi connectivity index (χ3v) is 4.76. The maximum atomic E-state index is 5.93. The lowest BCUT2D eigenvalue weighted by Gasteiger charge is -2.26. The van der Waals surface area contributed by atoms with Gasteiger partial charge in [0.1, 0.15) is 0 Å². The Labute approximate surface area is 96.4 Å². The fraction of sp³-hybridized carbons (Fsp3) is 0.538. The highest BCUT2D eigenvalue weighted by molar-refractivity contribution is 8.00. The Hall–Kier alpha value is -0.470. The first-order chi connectivity index (χ1) is 7.24. The van der Waals surface area contributed by atoms with Crippen LogP contribution in [-0.2, 0) is 0 Å². The van der Waals surface area contributed by atoms with Crippen LogP contribution in [0.15, 0.2) is 29.2 Å². The van der Waals surface area contributed by atoms with Crippen molar-refractivity contribution in [3.63, 3.8) is 0 Å². The molecule has 0 spiro atoms. The van der Waals surface area contributed by atoms with Crippen molar-refractivity contribution < 1.29 is 0 Å². The Morgan fingerprint density at radius 2 is 1.80 bits per heavy atom. The molecule has 2 heteroatoms. The summed E-state index contributed by atoms with van der Waals surface area (Å²) in [4.78, 5) is 1.37. The first-order valence-corrected chi connectivity index (χ1v) is 6.52. The van der Waals surface area contributed by atoms with Crippen LogP contribution in [0.25, 0.3) is 0 Å². The van der Waals surface area contributed by atoms with Crippen LogP contribution >= 0.6 is 11.8 Å². The van der Waals surface area contributed by atoms with Gasteiger partial charge in [-0.15, -0.1) is 11.8 Å². The van der Waals surface area contributed by atoms with Crippen LogP contribution in [-0.4, -0.2) is 11.3 Å². The molecular weight excluding hydrogens is 202 g/mol. The van der Waals surface area contributed by atoms with E-state index < -0.39 is 0 Å². The molecule has 0 atom stereocenters. The lowest BCUT2D eigenvalue weighted by Crippen LogP contribution is -2.30. The van der Waals surface area contributed by atoms with Crippen LogP contribution in [0.4, 0.5) is 0 Å². The van der Waals surface area contributed by atoms with Crippen LogP contribution in [0.1, 0.15) is 31.2 Å². The molecule has 1 aromatic rings. The third-order valence-electron chi connectivity index (χ3n) is 3.24. The van der Waals surface area contributed by atoms with Crippen molar-refractivity contribution in [3.05, 3.63) is 29.8 Å². The van der Waals surface area contributed by atoms with E-state index in [1.165, 1.54) is 36.1 Å². The highest BCUT2D eigenvalue weighted by atomic mass is 32.2. The fourth-order valence-corrected chi connectivity index (χ4v) is 3.57. The van der Waals surface area contributed by atoms with Gasteiger partial charge >= 0.3 is 0 Å². The minimum absolute atomic E-state index is 0.329. The lowest BCUT2D eigenvalue weighted by atomic mass is 10.1. The Balaban J connectivity index is 2.09. The molecule has 0 bridgehead atoms. The van der Waals surface area contributed by atoms with Crippen molar-refractivity contribution in [2.24, 2.45) is 5.73 Å². The Bertz CT molecular complexity index is 312. The van der Waals surface area contributed by atoms with Crippen molar-refractivity contribution in [2.75, 3.05) is 6.54 Å². The molecule has 15 heavy (non-hydrogen) atoms. The maximum Gasteiger partial charge on any atom is 0.0329 e. The number of rotatable bonds is 3. The van der Waals surface area contributed by atoms with E-state index in [-0.39, 0.29) is 0 Å². The quantitative estimate of drug-likeness (QED) is 0.847. The van der Waals surface area contributed by atoms with E-state index in [4.69, 9.17) is 5.73 Å². The summed E-state index contributed by atoms with van der Waals surface area (Å²) in [6, 6.07) is 8.80. The largest absolute Gasteiger partial charge is 0.329 e. The molecule has 0 unspecified atom stereocenters. The Kier molecular flexibility index (Phi) is 3.37. The molecule has 0 amide bonds. The molecule has 1 aliphatic carbocycles. The normalized spacial score (nSPS) is 19.3. The van der Waals surface area contributed by atoms with E-state index in [0.717, 1.165) is 6.54 Å². The summed E-state index contributed by atoms with van der Waals surface area (Å²) in [5.41, 5.74) is 7.25. The van der Waals surface area contributed by atoms with Crippen molar-refractivity contribution in [2.45, 2.75) is 42.2 Å². The zero-order valence-corrected chi connectivity index (χ0v) is 10.1. The third kappa shape index (κ3) is 2.56. The summed E-state index contributed by atoms with van der Waals surface area (Å²) in [6.07, 6.45) is 5.25. The fourth-order valence-electron chi connectivity index (χ4n) is 2.22. The number of nitrogens with two attached hydrogens (primary N) is 1. The van der Waals surface area contributed by atoms with Crippen LogP contribution in [0.3, 0.4) is 0 Å². The van der Waals surface area contributed by atoms with Gasteiger partial charge in [0.05, 0.1) is 0 Å². The summed E-state index contributed by atoms with van der Waals surface area (Å²) in [7, 11) is 0. The summed E-state index contributed by atoms with van der Waals surface area (Å²) >= 11 is 1.98. The molecule has 82 valence electrons. The molecule has 2 N–H and O–H groups in total. The molecule has 2 rings (SSSR count). The van der Waals surface area contributed by atoms with Gasteiger partial charge in [0.15, 0.2) is 0 Å². The van der Waals surface area contributed by atoms with Crippen molar-refractivity contribution in [1.82, 2.24) is 0 Å². The molecule has 0 radical (unpaired) electrons. The molecule has 1 nitrogen and oxygen atoms in total. The average molecular weight is 221 g/mol. The molecule has 0 aliphatic heterocycles. The maximum absolute atomic E-state index is 5.93. The minimum atomic E-state index is 0.329. The molecule has 0 aromatic heterocycles. The predicted octanol–water partition coefficient (Wildman–Crippen LogP) is 3.36. The lowest BCUT2D eigenvalue weighted by molar-refractivity contribution is 0.619. The molecule has 0 heterocycles. The van der Waals surface area contributed by atoms with Gasteiger partial charge in [0.25, 0.3) is 0 Å². The summed E-state index contributed by atoms with van der Waals surface area (Å²) in [5.74, 6) is 0. The number of hydrogen-bond acceptors (Lipinski definition) is 2. The van der Waals surface area contributed by atoms with E-state index in [1.807, 2.05) is 11.8 Å². The van der Waals surface area contributed by atoms with Gasteiger partial charge < -0.3 is 5.73 Å². The SMILES string of the molecule is Cc1ccc(SC2(CN)CCCC2)cc1. The first kappa shape index (κ1) is 11.0. The summed E-state index contributed by atoms with van der Waals surface area (Å²) in [6.45, 7) is 2.94. The van der Waals surface area contributed by atoms with E-state index in [0.29, 0.717) is 4.75 Å². The zero-order chi connectivity index (χ0) is 10.7. The average Bonchev–Trinajstić information content (AvgIpc) is 2.71. The molecular formula is C13H19NS. The topological polar surface area (TPSA) is 26.0 Å². The van der Waals surface area contributed by atoms with Crippen molar-refractivity contribution in [3.8, 4) is 0 Å². The van der Waals surface area contributed by atoms with Gasteiger partial charge in [-0.1, -0.05) is 30.5 Å². The summed E-state index contributed by atoms with van der Waals surface area (Å²) < 4.78 is 0.329. The van der Waals surface area contributed by atoms with Gasteiger partial charge in [-0.2, -0.15) is 0 Å². The molecule has 0 saturated heterocycles. The standard InChI is InChI=1S/C13H19NS/c1-11-4-6-12(7-5-11)15-13(10-14)8-2-3-9-13/h4-7H,2-3,8-10,14H2,1H3. The van der Waals surface area contributed by atoms with Crippen molar-refractivity contribution >= 4 is 11.8 Å². The van der Waals surface area contributed by atoms with Gasteiger partial charge in [-0.3, -0.25) is 0 Å². The van der Waals surface area contributed by atoms with Crippen LogP contribution in [0.5, 0.6) is 0 Å². The van der Waals surface area contributed by atoms with Crippen LogP contribution in [0.2, 0.25) is 0 Å². The second-order valence-electron chi connectivity index (χ2n) is 4.51. The van der Waals surface area contributed by atoms with E-state index in [1.54, 1.807) is 0 Å². The highest BCUT2D eigenvalue weighted by Crippen LogP contribution is 2.44. The molecule has 1 saturated carbocycles. The van der Waals surface area contributed by atoms with E-state index in [2.05, 4.69) is 31.2 Å². The number of thioether (sulfide) groups is 1. The van der Waals surface area contributed by atoms with Crippen LogP contribution in [0, 0.1) is 6.92 Å². The van der Waals surface area contributed by atoms with Gasteiger partial charge in [-0.05, 0) is 31.9 Å². The zero-order valence-electron chi connectivity index (χ0n) is 9.33. The Morgan fingerprint density at radius 1 is 1.20 bits per heavy atom.